The van der Waals surface area contributed by atoms with E-state index in [9.17, 15) is 4.79 Å². The number of rotatable bonds is 4. The number of carbonyl (C=O) groups is 1. The van der Waals surface area contributed by atoms with Crippen LogP contribution >= 0.6 is 15.9 Å². The molecule has 0 saturated carbocycles. The lowest BCUT2D eigenvalue weighted by molar-refractivity contribution is 0.0948. The van der Waals surface area contributed by atoms with Gasteiger partial charge in [-0.05, 0) is 52.7 Å². The second-order valence-electron chi connectivity index (χ2n) is 5.10. The maximum atomic E-state index is 12.4. The number of aryl methyl sites for hydroxylation is 1. The summed E-state index contributed by atoms with van der Waals surface area (Å²) in [6.45, 7) is 1.79. The summed E-state index contributed by atoms with van der Waals surface area (Å²) in [5, 5.41) is 4.01. The van der Waals surface area contributed by atoms with Crippen molar-refractivity contribution < 1.29 is 9.53 Å². The molecule has 0 spiro atoms. The van der Waals surface area contributed by atoms with Gasteiger partial charge in [0, 0.05) is 10.7 Å². The highest BCUT2D eigenvalue weighted by molar-refractivity contribution is 9.10. The third-order valence-electron chi connectivity index (χ3n) is 3.45. The summed E-state index contributed by atoms with van der Waals surface area (Å²) in [7, 11) is 1.60. The average Bonchev–Trinajstić information content (AvgIpc) is 2.90. The summed E-state index contributed by atoms with van der Waals surface area (Å²) in [5.74, 6) is 0.407. The lowest BCUT2D eigenvalue weighted by Gasteiger charge is -2.03. The van der Waals surface area contributed by atoms with E-state index in [2.05, 4.69) is 31.4 Å². The normalized spacial score (nSPS) is 11.1. The maximum absolute atomic E-state index is 12.4. The second-order valence-corrected chi connectivity index (χ2v) is 6.01. The molecule has 0 radical (unpaired) electrons. The van der Waals surface area contributed by atoms with Crippen molar-refractivity contribution in [3.05, 3.63) is 64.0 Å². The van der Waals surface area contributed by atoms with Crippen molar-refractivity contribution in [2.24, 2.45) is 5.10 Å². The van der Waals surface area contributed by atoms with Crippen LogP contribution in [0.2, 0.25) is 0 Å². The molecular weight excluding hydrogens is 372 g/mol. The van der Waals surface area contributed by atoms with Gasteiger partial charge in [0.15, 0.2) is 0 Å². The number of halogens is 1. The van der Waals surface area contributed by atoms with Gasteiger partial charge in [-0.25, -0.2) is 10.4 Å². The number of ether oxygens (including phenoxy) is 1. The van der Waals surface area contributed by atoms with E-state index in [0.717, 1.165) is 15.8 Å². The van der Waals surface area contributed by atoms with Crippen LogP contribution in [-0.4, -0.2) is 28.6 Å². The van der Waals surface area contributed by atoms with Gasteiger partial charge in [0.1, 0.15) is 17.1 Å². The highest BCUT2D eigenvalue weighted by Crippen LogP contribution is 2.16. The number of hydrazone groups is 1. The molecule has 1 aromatic carbocycles. The fourth-order valence-corrected chi connectivity index (χ4v) is 2.69. The van der Waals surface area contributed by atoms with Crippen LogP contribution in [-0.2, 0) is 0 Å². The first-order chi connectivity index (χ1) is 11.6. The summed E-state index contributed by atoms with van der Waals surface area (Å²) in [5.41, 5.74) is 5.16. The number of amides is 1. The summed E-state index contributed by atoms with van der Waals surface area (Å²) in [4.78, 5) is 16.8. The number of hydrogen-bond donors (Lipinski definition) is 1. The number of fused-ring (bicyclic) bond motifs is 1. The minimum atomic E-state index is -0.322. The number of aromatic nitrogens is 2. The molecule has 7 heteroatoms. The van der Waals surface area contributed by atoms with Gasteiger partial charge in [0.2, 0.25) is 0 Å². The average molecular weight is 387 g/mol. The van der Waals surface area contributed by atoms with Crippen molar-refractivity contribution in [2.75, 3.05) is 7.11 Å². The molecule has 0 saturated heterocycles. The number of nitrogens with zero attached hydrogens (tertiary/aromatic N) is 3. The van der Waals surface area contributed by atoms with E-state index in [1.807, 2.05) is 36.4 Å². The van der Waals surface area contributed by atoms with Gasteiger partial charge in [0.25, 0.3) is 5.91 Å². The van der Waals surface area contributed by atoms with Crippen molar-refractivity contribution in [3.63, 3.8) is 0 Å². The van der Waals surface area contributed by atoms with E-state index in [-0.39, 0.29) is 5.91 Å². The summed E-state index contributed by atoms with van der Waals surface area (Å²) in [6.07, 6.45) is 3.37. The molecule has 0 bridgehead atoms. The molecule has 24 heavy (non-hydrogen) atoms. The molecule has 1 amide bonds. The van der Waals surface area contributed by atoms with Gasteiger partial charge < -0.3 is 4.74 Å². The first kappa shape index (κ1) is 16.2. The van der Waals surface area contributed by atoms with Gasteiger partial charge in [0.05, 0.1) is 19.0 Å². The molecule has 2 heterocycles. The Hall–Kier alpha value is -2.67. The summed E-state index contributed by atoms with van der Waals surface area (Å²) < 4.78 is 7.75. The SMILES string of the molecule is COc1cccc(/C=N\NC(=O)c2c(C)nc3ccc(Br)cn23)c1. The quantitative estimate of drug-likeness (QED) is 0.552. The maximum Gasteiger partial charge on any atom is 0.290 e. The zero-order valence-electron chi connectivity index (χ0n) is 13.2. The summed E-state index contributed by atoms with van der Waals surface area (Å²) >= 11 is 3.40. The van der Waals surface area contributed by atoms with Gasteiger partial charge >= 0.3 is 0 Å². The second kappa shape index (κ2) is 6.84. The predicted octanol–water partition coefficient (Wildman–Crippen LogP) is 3.18. The summed E-state index contributed by atoms with van der Waals surface area (Å²) in [6, 6.07) is 11.1. The third kappa shape index (κ3) is 3.30. The smallest absolute Gasteiger partial charge is 0.290 e. The highest BCUT2D eigenvalue weighted by Gasteiger charge is 2.16. The Morgan fingerprint density at radius 1 is 1.38 bits per heavy atom. The molecule has 3 aromatic rings. The largest absolute Gasteiger partial charge is 0.497 e. The molecule has 122 valence electrons. The Bertz CT molecular complexity index is 933. The number of imidazole rings is 1. The van der Waals surface area contributed by atoms with Crippen molar-refractivity contribution in [3.8, 4) is 5.75 Å². The molecule has 0 unspecified atom stereocenters. The Balaban J connectivity index is 1.81. The lowest BCUT2D eigenvalue weighted by atomic mass is 10.2. The number of methoxy groups -OCH3 is 1. The first-order valence-electron chi connectivity index (χ1n) is 7.20. The van der Waals surface area contributed by atoms with Crippen molar-refractivity contribution in [1.29, 1.82) is 0 Å². The predicted molar refractivity (Wildman–Crippen MR) is 95.7 cm³/mol. The van der Waals surface area contributed by atoms with E-state index in [0.29, 0.717) is 17.0 Å². The zero-order valence-corrected chi connectivity index (χ0v) is 14.7. The van der Waals surface area contributed by atoms with Gasteiger partial charge in [-0.3, -0.25) is 9.20 Å². The molecule has 3 rings (SSSR count). The molecule has 1 N–H and O–H groups in total. The minimum Gasteiger partial charge on any atom is -0.497 e. The molecule has 6 nitrogen and oxygen atoms in total. The van der Waals surface area contributed by atoms with Crippen molar-refractivity contribution in [1.82, 2.24) is 14.8 Å². The number of hydrogen-bond acceptors (Lipinski definition) is 4. The van der Waals surface area contributed by atoms with E-state index >= 15 is 0 Å². The van der Waals surface area contributed by atoms with E-state index in [4.69, 9.17) is 4.74 Å². The van der Waals surface area contributed by atoms with E-state index in [1.54, 1.807) is 30.8 Å². The fourth-order valence-electron chi connectivity index (χ4n) is 2.35. The van der Waals surface area contributed by atoms with Crippen molar-refractivity contribution in [2.45, 2.75) is 6.92 Å². The topological polar surface area (TPSA) is 68.0 Å². The van der Waals surface area contributed by atoms with Crippen molar-refractivity contribution >= 4 is 33.7 Å². The molecule has 2 aromatic heterocycles. The monoisotopic (exact) mass is 386 g/mol. The van der Waals surface area contributed by atoms with Crippen LogP contribution in [0.15, 0.2) is 52.2 Å². The van der Waals surface area contributed by atoms with Crippen LogP contribution < -0.4 is 10.2 Å². The zero-order chi connectivity index (χ0) is 17.1. The molecular formula is C17H15BrN4O2. The fraction of sp³-hybridized carbons (Fsp3) is 0.118. The van der Waals surface area contributed by atoms with Crippen LogP contribution in [0.3, 0.4) is 0 Å². The first-order valence-corrected chi connectivity index (χ1v) is 7.99. The lowest BCUT2D eigenvalue weighted by Crippen LogP contribution is -2.20. The third-order valence-corrected chi connectivity index (χ3v) is 3.91. The molecule has 0 aliphatic carbocycles. The molecule has 0 aliphatic rings. The number of benzene rings is 1. The van der Waals surface area contributed by atoms with Crippen LogP contribution in [0.4, 0.5) is 0 Å². The van der Waals surface area contributed by atoms with Gasteiger partial charge in [-0.15, -0.1) is 0 Å². The van der Waals surface area contributed by atoms with Crippen LogP contribution in [0.5, 0.6) is 5.75 Å². The Labute approximate surface area is 147 Å². The molecule has 0 fully saturated rings. The number of carbonyl (C=O) groups excluding carboxylic acids is 1. The number of nitrogens with one attached hydrogen (secondary N) is 1. The van der Waals surface area contributed by atoms with Crippen LogP contribution in [0, 0.1) is 6.92 Å². The molecule has 0 atom stereocenters. The van der Waals surface area contributed by atoms with E-state index < -0.39 is 0 Å². The Morgan fingerprint density at radius 2 is 2.21 bits per heavy atom. The number of pyridine rings is 1. The van der Waals surface area contributed by atoms with Gasteiger partial charge in [-0.2, -0.15) is 5.10 Å². The Kier molecular flexibility index (Phi) is 4.61. The minimum absolute atomic E-state index is 0.322. The Morgan fingerprint density at radius 3 is 3.00 bits per heavy atom. The highest BCUT2D eigenvalue weighted by atomic mass is 79.9. The van der Waals surface area contributed by atoms with Gasteiger partial charge in [-0.1, -0.05) is 12.1 Å². The van der Waals surface area contributed by atoms with Crippen LogP contribution in [0.25, 0.3) is 5.65 Å². The standard InChI is InChI=1S/C17H15BrN4O2/c1-11-16(22-10-13(18)6-7-15(22)20-11)17(23)21-19-9-12-4-3-5-14(8-12)24-2/h3-10H,1-2H3,(H,21,23)/b19-9-. The van der Waals surface area contributed by atoms with Crippen LogP contribution in [0.1, 0.15) is 21.7 Å². The molecule has 0 aliphatic heterocycles. The van der Waals surface area contributed by atoms with E-state index in [1.165, 1.54) is 0 Å².